The first-order valence-corrected chi connectivity index (χ1v) is 10.2. The van der Waals surface area contributed by atoms with Crippen LogP contribution in [0, 0.1) is 6.92 Å². The van der Waals surface area contributed by atoms with E-state index in [9.17, 15) is 4.79 Å². The Balaban J connectivity index is 1.30. The number of benzene rings is 1. The predicted octanol–water partition coefficient (Wildman–Crippen LogP) is 2.54. The highest BCUT2D eigenvalue weighted by Crippen LogP contribution is 2.20. The van der Waals surface area contributed by atoms with Gasteiger partial charge in [0.15, 0.2) is 0 Å². The zero-order valence-electron chi connectivity index (χ0n) is 15.9. The maximum Gasteiger partial charge on any atom is 0.254 e. The molecule has 0 saturated carbocycles. The molecule has 1 fully saturated rings. The molecule has 4 heterocycles. The van der Waals surface area contributed by atoms with E-state index in [0.29, 0.717) is 18.7 Å². The number of hydrogen-bond acceptors (Lipinski definition) is 7. The molecule has 8 nitrogen and oxygen atoms in total. The van der Waals surface area contributed by atoms with Gasteiger partial charge in [-0.15, -0.1) is 0 Å². The van der Waals surface area contributed by atoms with Crippen LogP contribution >= 0.6 is 11.7 Å². The lowest BCUT2D eigenvalue weighted by Gasteiger charge is -2.35. The van der Waals surface area contributed by atoms with Gasteiger partial charge in [-0.1, -0.05) is 0 Å². The van der Waals surface area contributed by atoms with E-state index in [4.69, 9.17) is 0 Å². The van der Waals surface area contributed by atoms with Crippen LogP contribution in [0.3, 0.4) is 0 Å². The van der Waals surface area contributed by atoms with Gasteiger partial charge in [-0.2, -0.15) is 8.75 Å². The van der Waals surface area contributed by atoms with Gasteiger partial charge in [0.2, 0.25) is 0 Å². The Hall–Kier alpha value is -3.33. The van der Waals surface area contributed by atoms with E-state index in [2.05, 4.69) is 23.6 Å². The molecule has 0 atom stereocenters. The number of carbonyl (C=O) groups excluding carboxylic acids is 1. The van der Waals surface area contributed by atoms with Crippen LogP contribution in [0.4, 0.5) is 5.82 Å². The predicted molar refractivity (Wildman–Crippen MR) is 112 cm³/mol. The molecule has 0 spiro atoms. The molecule has 146 valence electrons. The Morgan fingerprint density at radius 2 is 1.66 bits per heavy atom. The highest BCUT2D eigenvalue weighted by atomic mass is 32.1. The Kier molecular flexibility index (Phi) is 4.44. The van der Waals surface area contributed by atoms with E-state index in [0.717, 1.165) is 53.3 Å². The van der Waals surface area contributed by atoms with Crippen molar-refractivity contribution in [2.45, 2.75) is 6.92 Å². The van der Waals surface area contributed by atoms with Crippen LogP contribution in [-0.4, -0.2) is 60.3 Å². The summed E-state index contributed by atoms with van der Waals surface area (Å²) in [6, 6.07) is 11.4. The minimum absolute atomic E-state index is 0.0337. The summed E-state index contributed by atoms with van der Waals surface area (Å²) in [5.41, 5.74) is 2.26. The number of hydrogen-bond donors (Lipinski definition) is 0. The molecule has 29 heavy (non-hydrogen) atoms. The van der Waals surface area contributed by atoms with Crippen LogP contribution in [0.1, 0.15) is 16.2 Å². The Morgan fingerprint density at radius 3 is 2.45 bits per heavy atom. The summed E-state index contributed by atoms with van der Waals surface area (Å²) >= 11 is 1.16. The van der Waals surface area contributed by atoms with Gasteiger partial charge in [0.05, 0.1) is 11.7 Å². The highest BCUT2D eigenvalue weighted by Gasteiger charge is 2.24. The minimum Gasteiger partial charge on any atom is -0.353 e. The second-order valence-electron chi connectivity index (χ2n) is 6.97. The monoisotopic (exact) mass is 405 g/mol. The fourth-order valence-corrected chi connectivity index (χ4v) is 4.07. The molecule has 0 bridgehead atoms. The minimum atomic E-state index is 0.0337. The Labute approximate surface area is 171 Å². The first-order chi connectivity index (χ1) is 14.2. The number of rotatable bonds is 3. The molecule has 0 aliphatic carbocycles. The van der Waals surface area contributed by atoms with Gasteiger partial charge in [-0.3, -0.25) is 4.79 Å². The fourth-order valence-electron chi connectivity index (χ4n) is 3.55. The maximum atomic E-state index is 12.9. The molecule has 4 aromatic rings. The van der Waals surface area contributed by atoms with Crippen molar-refractivity contribution in [1.82, 2.24) is 28.2 Å². The largest absolute Gasteiger partial charge is 0.353 e. The lowest BCUT2D eigenvalue weighted by molar-refractivity contribution is 0.0746. The van der Waals surface area contributed by atoms with E-state index < -0.39 is 0 Å². The zero-order valence-corrected chi connectivity index (χ0v) is 16.7. The molecule has 1 saturated heterocycles. The quantitative estimate of drug-likeness (QED) is 0.521. The van der Waals surface area contributed by atoms with Crippen molar-refractivity contribution < 1.29 is 4.79 Å². The second-order valence-corrected chi connectivity index (χ2v) is 7.50. The third kappa shape index (κ3) is 3.44. The number of fused-ring (bicyclic) bond motifs is 1. The van der Waals surface area contributed by atoms with Crippen molar-refractivity contribution in [2.75, 3.05) is 31.1 Å². The molecule has 9 heteroatoms. The van der Waals surface area contributed by atoms with E-state index in [1.165, 1.54) is 0 Å². The molecule has 5 rings (SSSR count). The lowest BCUT2D eigenvalue weighted by Crippen LogP contribution is -2.49. The van der Waals surface area contributed by atoms with Crippen LogP contribution in [0.15, 0.2) is 48.8 Å². The molecular weight excluding hydrogens is 386 g/mol. The number of aryl methyl sites for hydroxylation is 1. The average Bonchev–Trinajstić information content (AvgIpc) is 3.44. The summed E-state index contributed by atoms with van der Waals surface area (Å²) in [5.74, 6) is 2.51. The summed E-state index contributed by atoms with van der Waals surface area (Å²) in [6.45, 7) is 4.66. The summed E-state index contributed by atoms with van der Waals surface area (Å²) in [4.78, 5) is 26.1. The van der Waals surface area contributed by atoms with Crippen molar-refractivity contribution in [2.24, 2.45) is 0 Å². The van der Waals surface area contributed by atoms with Gasteiger partial charge in [-0.05, 0) is 37.3 Å². The van der Waals surface area contributed by atoms with Crippen molar-refractivity contribution in [3.05, 3.63) is 60.2 Å². The van der Waals surface area contributed by atoms with Crippen LogP contribution in [0.5, 0.6) is 0 Å². The van der Waals surface area contributed by atoms with Gasteiger partial charge in [0.25, 0.3) is 5.91 Å². The Bertz CT molecular complexity index is 1160. The summed E-state index contributed by atoms with van der Waals surface area (Å²) in [5, 5.41) is 0. The normalized spacial score (nSPS) is 14.5. The third-order valence-corrected chi connectivity index (χ3v) is 5.63. The van der Waals surface area contributed by atoms with Crippen molar-refractivity contribution in [1.29, 1.82) is 0 Å². The van der Waals surface area contributed by atoms with Crippen molar-refractivity contribution in [3.8, 4) is 5.82 Å². The number of piperazine rings is 1. The number of carbonyl (C=O) groups is 1. The highest BCUT2D eigenvalue weighted by molar-refractivity contribution is 7.00. The lowest BCUT2D eigenvalue weighted by atomic mass is 10.1. The number of amides is 1. The molecular formula is C20H19N7OS. The Morgan fingerprint density at radius 1 is 0.931 bits per heavy atom. The van der Waals surface area contributed by atoms with Gasteiger partial charge < -0.3 is 14.4 Å². The smallest absolute Gasteiger partial charge is 0.254 e. The van der Waals surface area contributed by atoms with Gasteiger partial charge in [-0.25, -0.2) is 9.97 Å². The van der Waals surface area contributed by atoms with Gasteiger partial charge >= 0.3 is 0 Å². The third-order valence-electron chi connectivity index (χ3n) is 5.07. The maximum absolute atomic E-state index is 12.9. The number of aromatic nitrogens is 5. The first kappa shape index (κ1) is 17.7. The van der Waals surface area contributed by atoms with E-state index >= 15 is 0 Å². The molecule has 1 aromatic carbocycles. The van der Waals surface area contributed by atoms with Gasteiger partial charge in [0, 0.05) is 50.2 Å². The molecule has 0 unspecified atom stereocenters. The second kappa shape index (κ2) is 7.25. The van der Waals surface area contributed by atoms with Gasteiger partial charge in [0.1, 0.15) is 28.5 Å². The van der Waals surface area contributed by atoms with Crippen LogP contribution in [-0.2, 0) is 0 Å². The molecule has 1 aliphatic heterocycles. The van der Waals surface area contributed by atoms with Crippen molar-refractivity contribution >= 4 is 34.5 Å². The molecule has 3 aromatic heterocycles. The first-order valence-electron chi connectivity index (χ1n) is 9.43. The fraction of sp³-hybridized carbons (Fsp3) is 0.250. The number of anilines is 1. The molecule has 1 aliphatic rings. The topological polar surface area (TPSA) is 80.0 Å². The molecule has 0 N–H and O–H groups in total. The van der Waals surface area contributed by atoms with Crippen LogP contribution < -0.4 is 4.90 Å². The number of nitrogens with zero attached hydrogens (tertiary/aromatic N) is 7. The van der Waals surface area contributed by atoms with E-state index in [1.807, 2.05) is 65.2 Å². The average molecular weight is 405 g/mol. The van der Waals surface area contributed by atoms with Crippen molar-refractivity contribution in [3.63, 3.8) is 0 Å². The summed E-state index contributed by atoms with van der Waals surface area (Å²) < 4.78 is 10.4. The van der Waals surface area contributed by atoms with Crippen LogP contribution in [0.2, 0.25) is 0 Å². The van der Waals surface area contributed by atoms with E-state index in [-0.39, 0.29) is 5.91 Å². The standard InChI is InChI=1S/C20H19N7OS/c1-14-21-18(25-6-2-3-7-25)13-19(22-14)26-8-10-27(11-9-26)20(28)15-4-5-16-17(12-15)24-29-23-16/h2-7,12-13H,8-11H2,1H3. The molecule has 1 amide bonds. The molecule has 0 radical (unpaired) electrons. The zero-order chi connectivity index (χ0) is 19.8. The SMILES string of the molecule is Cc1nc(N2CCN(C(=O)c3ccc4nsnc4c3)CC2)cc(-n2cccc2)n1. The van der Waals surface area contributed by atoms with E-state index in [1.54, 1.807) is 0 Å². The van der Waals surface area contributed by atoms with Crippen LogP contribution in [0.25, 0.3) is 16.9 Å². The summed E-state index contributed by atoms with van der Waals surface area (Å²) in [6.07, 6.45) is 3.94. The summed E-state index contributed by atoms with van der Waals surface area (Å²) in [7, 11) is 0.